The highest BCUT2D eigenvalue weighted by molar-refractivity contribution is 7.00. The number of benzene rings is 7. The van der Waals surface area contributed by atoms with Gasteiger partial charge in [-0.25, -0.2) is 0 Å². The highest BCUT2D eigenvalue weighted by Crippen LogP contribution is 2.46. The number of fused-ring (bicyclic) bond motifs is 9. The average Bonchev–Trinajstić information content (AvgIpc) is 3.67. The normalized spacial score (nSPS) is 13.2. The van der Waals surface area contributed by atoms with Gasteiger partial charge in [0.25, 0.3) is 6.71 Å². The highest BCUT2D eigenvalue weighted by Gasteiger charge is 2.45. The number of anilines is 6. The van der Waals surface area contributed by atoms with Crippen LogP contribution in [0, 0.1) is 0 Å². The molecule has 4 nitrogen and oxygen atoms in total. The van der Waals surface area contributed by atoms with Crippen molar-refractivity contribution in [2.45, 2.75) is 0 Å². The second kappa shape index (κ2) is 10.3. The summed E-state index contributed by atoms with van der Waals surface area (Å²) in [4.78, 5) is 4.98. The quantitative estimate of drug-likeness (QED) is 0.179. The molecule has 0 unspecified atom stereocenters. The van der Waals surface area contributed by atoms with Gasteiger partial charge in [-0.3, -0.25) is 0 Å². The Morgan fingerprint density at radius 1 is 0.420 bits per heavy atom. The first-order valence-electron chi connectivity index (χ1n) is 17.3. The van der Waals surface area contributed by atoms with Gasteiger partial charge in [-0.15, -0.1) is 0 Å². The zero-order chi connectivity index (χ0) is 32.9. The fraction of sp³-hybridized carbons (Fsp3) is 0.0222. The lowest BCUT2D eigenvalue weighted by molar-refractivity contribution is 0.997. The first-order valence-corrected chi connectivity index (χ1v) is 17.3. The minimum Gasteiger partial charge on any atom is -0.353 e. The molecule has 0 fully saturated rings. The molecular formula is C45H31BN4. The minimum atomic E-state index is 0.0377. The Kier molecular flexibility index (Phi) is 5.65. The lowest BCUT2D eigenvalue weighted by Gasteiger charge is -2.43. The Morgan fingerprint density at radius 3 is 1.62 bits per heavy atom. The fourth-order valence-corrected chi connectivity index (χ4v) is 8.89. The minimum absolute atomic E-state index is 0.0377. The second-order valence-electron chi connectivity index (χ2n) is 13.4. The molecule has 2 aliphatic rings. The summed E-state index contributed by atoms with van der Waals surface area (Å²) in [6.45, 7) is 0.0377. The van der Waals surface area contributed by atoms with E-state index in [0.29, 0.717) is 0 Å². The molecule has 0 radical (unpaired) electrons. The average molecular weight is 639 g/mol. The smallest absolute Gasteiger partial charge is 0.272 e. The lowest BCUT2D eigenvalue weighted by Crippen LogP contribution is -2.62. The molecule has 0 bridgehead atoms. The number of rotatable bonds is 3. The number of para-hydroxylation sites is 5. The van der Waals surface area contributed by atoms with Gasteiger partial charge in [0.05, 0.1) is 16.7 Å². The molecule has 7 aromatic carbocycles. The van der Waals surface area contributed by atoms with Crippen molar-refractivity contribution in [3.8, 4) is 5.69 Å². The van der Waals surface area contributed by atoms with E-state index in [1.54, 1.807) is 0 Å². The molecule has 4 heterocycles. The van der Waals surface area contributed by atoms with Crippen LogP contribution in [0.1, 0.15) is 0 Å². The van der Waals surface area contributed by atoms with Gasteiger partial charge in [-0.2, -0.15) is 0 Å². The van der Waals surface area contributed by atoms with Crippen molar-refractivity contribution in [2.24, 2.45) is 7.05 Å². The molecule has 0 atom stereocenters. The van der Waals surface area contributed by atoms with Crippen LogP contribution in [0.4, 0.5) is 34.1 Å². The van der Waals surface area contributed by atoms with Gasteiger partial charge in [0.15, 0.2) is 0 Å². The van der Waals surface area contributed by atoms with E-state index in [0.717, 1.165) is 17.1 Å². The van der Waals surface area contributed by atoms with E-state index >= 15 is 0 Å². The van der Waals surface area contributed by atoms with Crippen molar-refractivity contribution in [1.82, 2.24) is 9.13 Å². The first kappa shape index (κ1) is 27.5. The van der Waals surface area contributed by atoms with Crippen molar-refractivity contribution in [3.05, 3.63) is 170 Å². The van der Waals surface area contributed by atoms with Crippen LogP contribution >= 0.6 is 0 Å². The third-order valence-electron chi connectivity index (χ3n) is 10.9. The van der Waals surface area contributed by atoms with Crippen molar-refractivity contribution >= 4 is 90.1 Å². The second-order valence-corrected chi connectivity index (χ2v) is 13.4. The topological polar surface area (TPSA) is 16.3 Å². The van der Waals surface area contributed by atoms with Gasteiger partial charge in [0, 0.05) is 68.4 Å². The number of aryl methyl sites for hydroxylation is 1. The van der Waals surface area contributed by atoms with Crippen LogP contribution < -0.4 is 26.3 Å². The summed E-state index contributed by atoms with van der Waals surface area (Å²) in [5.41, 5.74) is 16.0. The van der Waals surface area contributed by atoms with E-state index in [4.69, 9.17) is 0 Å². The molecule has 11 rings (SSSR count). The molecule has 0 saturated carbocycles. The summed E-state index contributed by atoms with van der Waals surface area (Å²) in [5.74, 6) is 0. The van der Waals surface area contributed by atoms with Crippen LogP contribution in [-0.2, 0) is 7.05 Å². The summed E-state index contributed by atoms with van der Waals surface area (Å²) in [6.07, 6.45) is 0. The fourth-order valence-electron chi connectivity index (χ4n) is 8.89. The van der Waals surface area contributed by atoms with Crippen LogP contribution in [0.3, 0.4) is 0 Å². The van der Waals surface area contributed by atoms with Crippen molar-refractivity contribution in [3.63, 3.8) is 0 Å². The van der Waals surface area contributed by atoms with Crippen LogP contribution in [-0.4, -0.2) is 15.8 Å². The number of hydrogen-bond donors (Lipinski definition) is 0. The summed E-state index contributed by atoms with van der Waals surface area (Å²) in [7, 11) is 2.24. The third kappa shape index (κ3) is 3.61. The van der Waals surface area contributed by atoms with Crippen LogP contribution in [0.25, 0.3) is 38.4 Å². The summed E-state index contributed by atoms with van der Waals surface area (Å²) >= 11 is 0. The molecule has 0 amide bonds. The Labute approximate surface area is 290 Å². The largest absolute Gasteiger partial charge is 0.353 e. The third-order valence-corrected chi connectivity index (χ3v) is 10.9. The van der Waals surface area contributed by atoms with E-state index in [-0.39, 0.29) is 6.71 Å². The molecule has 0 N–H and O–H groups in total. The monoisotopic (exact) mass is 638 g/mol. The maximum absolute atomic E-state index is 2.49. The summed E-state index contributed by atoms with van der Waals surface area (Å²) in [5, 5.41) is 3.80. The van der Waals surface area contributed by atoms with E-state index < -0.39 is 0 Å². The molecular weight excluding hydrogens is 607 g/mol. The molecule has 0 aliphatic carbocycles. The SMILES string of the molecule is Cn1c2c(c3ccccc31)N(c1ccccc1)c1cccc3c1B2c1ccc(-n2c4ccccc4c4ccccc42)cc1N3c1ccccc1. The molecule has 0 saturated heterocycles. The van der Waals surface area contributed by atoms with Gasteiger partial charge in [-0.05, 0) is 77.7 Å². The Morgan fingerprint density at radius 2 is 0.960 bits per heavy atom. The molecule has 2 aromatic heterocycles. The Balaban J connectivity index is 1.25. The van der Waals surface area contributed by atoms with Crippen molar-refractivity contribution in [2.75, 3.05) is 9.80 Å². The molecule has 9 aromatic rings. The van der Waals surface area contributed by atoms with E-state index in [9.17, 15) is 0 Å². The maximum Gasteiger partial charge on any atom is 0.272 e. The van der Waals surface area contributed by atoms with Crippen LogP contribution in [0.5, 0.6) is 0 Å². The number of nitrogens with zero attached hydrogens (tertiary/aromatic N) is 4. The predicted octanol–water partition coefficient (Wildman–Crippen LogP) is 9.36. The number of hydrogen-bond acceptors (Lipinski definition) is 2. The zero-order valence-electron chi connectivity index (χ0n) is 27.5. The Bertz CT molecular complexity index is 2740. The summed E-state index contributed by atoms with van der Waals surface area (Å²) in [6, 6.07) is 62.1. The summed E-state index contributed by atoms with van der Waals surface area (Å²) < 4.78 is 4.87. The molecule has 2 aliphatic heterocycles. The molecule has 234 valence electrons. The number of aromatic nitrogens is 2. The first-order chi connectivity index (χ1) is 24.8. The van der Waals surface area contributed by atoms with Gasteiger partial charge in [0.1, 0.15) is 0 Å². The predicted molar refractivity (Wildman–Crippen MR) is 211 cm³/mol. The van der Waals surface area contributed by atoms with Gasteiger partial charge in [0.2, 0.25) is 0 Å². The van der Waals surface area contributed by atoms with Gasteiger partial charge < -0.3 is 18.9 Å². The van der Waals surface area contributed by atoms with E-state index in [2.05, 4.69) is 196 Å². The van der Waals surface area contributed by atoms with Gasteiger partial charge in [-0.1, -0.05) is 103 Å². The van der Waals surface area contributed by atoms with Crippen LogP contribution in [0.2, 0.25) is 0 Å². The standard InChI is InChI=1S/C45H31BN4/c1-47-37-22-11-10-21-35(37)44-45(47)46-36-28-27-32(49-38-23-12-8-19-33(38)34-20-9-13-24-39(34)49)29-42(36)48(30-15-4-2-5-16-30)40-25-14-26-41(43(40)46)50(44)31-17-6-3-7-18-31/h2-29H,1H3. The molecule has 0 spiro atoms. The molecule has 5 heteroatoms. The van der Waals surface area contributed by atoms with Crippen molar-refractivity contribution < 1.29 is 0 Å². The zero-order valence-corrected chi connectivity index (χ0v) is 27.5. The van der Waals surface area contributed by atoms with E-state index in [1.165, 1.54) is 72.0 Å². The molecule has 50 heavy (non-hydrogen) atoms. The van der Waals surface area contributed by atoms with Crippen molar-refractivity contribution in [1.29, 1.82) is 0 Å². The van der Waals surface area contributed by atoms with E-state index in [1.807, 2.05) is 0 Å². The highest BCUT2D eigenvalue weighted by atomic mass is 15.2. The maximum atomic E-state index is 2.49. The van der Waals surface area contributed by atoms with Gasteiger partial charge >= 0.3 is 0 Å². The lowest BCUT2D eigenvalue weighted by atomic mass is 9.35. The Hall–Kier alpha value is -6.46. The van der Waals surface area contributed by atoms with Crippen LogP contribution in [0.15, 0.2) is 170 Å².